The second kappa shape index (κ2) is 8.73. The van der Waals surface area contributed by atoms with E-state index in [1.807, 2.05) is 67.8 Å². The highest BCUT2D eigenvalue weighted by molar-refractivity contribution is 5.96. The van der Waals surface area contributed by atoms with Crippen LogP contribution in [0.5, 0.6) is 0 Å². The summed E-state index contributed by atoms with van der Waals surface area (Å²) in [5, 5.41) is 2.83. The lowest BCUT2D eigenvalue weighted by molar-refractivity contribution is -0.116. The van der Waals surface area contributed by atoms with Gasteiger partial charge in [0.2, 0.25) is 5.91 Å². The highest BCUT2D eigenvalue weighted by Gasteiger charge is 2.25. The maximum Gasteiger partial charge on any atom is 0.340 e. The van der Waals surface area contributed by atoms with Gasteiger partial charge in [-0.05, 0) is 51.0 Å². The van der Waals surface area contributed by atoms with E-state index >= 15 is 0 Å². The number of anilines is 1. The lowest BCUT2D eigenvalue weighted by Crippen LogP contribution is -2.21. The average Bonchev–Trinajstić information content (AvgIpc) is 2.92. The molecule has 0 saturated heterocycles. The number of nitrogens with zero attached hydrogens (tertiary/aromatic N) is 2. The minimum Gasteiger partial charge on any atom is -0.462 e. The van der Waals surface area contributed by atoms with Crippen molar-refractivity contribution in [1.82, 2.24) is 9.55 Å². The summed E-state index contributed by atoms with van der Waals surface area (Å²) in [7, 11) is 0. The second-order valence-corrected chi connectivity index (χ2v) is 6.82. The van der Waals surface area contributed by atoms with Crippen LogP contribution in [0, 0.1) is 20.8 Å². The molecule has 29 heavy (non-hydrogen) atoms. The van der Waals surface area contributed by atoms with Crippen LogP contribution in [-0.2, 0) is 16.1 Å². The Kier molecular flexibility index (Phi) is 6.12. The van der Waals surface area contributed by atoms with E-state index in [4.69, 9.17) is 4.74 Å². The summed E-state index contributed by atoms with van der Waals surface area (Å²) in [6, 6.07) is 15.2. The van der Waals surface area contributed by atoms with E-state index in [0.717, 1.165) is 22.5 Å². The van der Waals surface area contributed by atoms with Gasteiger partial charge in [-0.2, -0.15) is 0 Å². The lowest BCUT2D eigenvalue weighted by atomic mass is 10.1. The lowest BCUT2D eigenvalue weighted by Gasteiger charge is -2.13. The molecule has 0 bridgehead atoms. The number of hydrogen-bond donors (Lipinski definition) is 1. The maximum absolute atomic E-state index is 12.8. The third-order valence-corrected chi connectivity index (χ3v) is 4.75. The maximum atomic E-state index is 12.8. The molecule has 6 heteroatoms. The van der Waals surface area contributed by atoms with Gasteiger partial charge in [-0.15, -0.1) is 0 Å². The number of carbonyl (C=O) groups excluding carboxylic acids is 2. The summed E-state index contributed by atoms with van der Waals surface area (Å²) < 4.78 is 7.11. The number of nitrogens with one attached hydrogen (secondary N) is 1. The molecule has 0 radical (unpaired) electrons. The Labute approximate surface area is 170 Å². The molecule has 1 aromatic carbocycles. The smallest absolute Gasteiger partial charge is 0.340 e. The van der Waals surface area contributed by atoms with E-state index < -0.39 is 0 Å². The summed E-state index contributed by atoms with van der Waals surface area (Å²) in [5.74, 6) is -0.0867. The highest BCUT2D eigenvalue weighted by atomic mass is 16.5. The number of hydrogen-bond acceptors (Lipinski definition) is 4. The largest absolute Gasteiger partial charge is 0.462 e. The van der Waals surface area contributed by atoms with Gasteiger partial charge in [0.25, 0.3) is 0 Å². The van der Waals surface area contributed by atoms with Crippen molar-refractivity contribution in [2.75, 3.05) is 11.9 Å². The van der Waals surface area contributed by atoms with E-state index in [1.54, 1.807) is 13.0 Å². The van der Waals surface area contributed by atoms with E-state index in [0.29, 0.717) is 23.7 Å². The first kappa shape index (κ1) is 20.3. The number of rotatable bonds is 6. The molecule has 1 amide bonds. The van der Waals surface area contributed by atoms with Crippen molar-refractivity contribution in [2.45, 2.75) is 34.2 Å². The Bertz CT molecular complexity index is 1040. The van der Waals surface area contributed by atoms with Gasteiger partial charge in [-0.25, -0.2) is 9.78 Å². The van der Waals surface area contributed by atoms with Crippen LogP contribution in [0.15, 0.2) is 48.5 Å². The predicted octanol–water partition coefficient (Wildman–Crippen LogP) is 4.29. The summed E-state index contributed by atoms with van der Waals surface area (Å²) in [6.45, 7) is 7.73. The van der Waals surface area contributed by atoms with Gasteiger partial charge in [-0.1, -0.05) is 36.4 Å². The topological polar surface area (TPSA) is 73.2 Å². The van der Waals surface area contributed by atoms with Crippen LogP contribution in [0.3, 0.4) is 0 Å². The number of benzene rings is 1. The number of ether oxygens (including phenoxy) is 1. The zero-order valence-electron chi connectivity index (χ0n) is 17.2. The van der Waals surface area contributed by atoms with Gasteiger partial charge < -0.3 is 14.6 Å². The molecule has 6 nitrogen and oxygen atoms in total. The molecule has 0 saturated carbocycles. The number of esters is 1. The molecule has 0 aliphatic rings. The zero-order chi connectivity index (χ0) is 21.0. The fraction of sp³-hybridized carbons (Fsp3) is 0.261. The van der Waals surface area contributed by atoms with E-state index in [9.17, 15) is 9.59 Å². The summed E-state index contributed by atoms with van der Waals surface area (Å²) in [5.41, 5.74) is 4.60. The molecule has 0 aliphatic carbocycles. The van der Waals surface area contributed by atoms with Crippen LogP contribution in [0.2, 0.25) is 0 Å². The van der Waals surface area contributed by atoms with Crippen molar-refractivity contribution in [3.63, 3.8) is 0 Å². The first-order valence-electron chi connectivity index (χ1n) is 9.58. The van der Waals surface area contributed by atoms with E-state index in [2.05, 4.69) is 10.3 Å². The number of aromatic nitrogens is 2. The Morgan fingerprint density at radius 1 is 1.03 bits per heavy atom. The van der Waals surface area contributed by atoms with Crippen LogP contribution in [0.25, 0.3) is 11.3 Å². The zero-order valence-corrected chi connectivity index (χ0v) is 17.2. The SMILES string of the molecule is CCOC(=O)c1c(C)c(-c2ccccc2)n(CC(=O)Nc2cccc(C)n2)c1C. The molecule has 0 atom stereocenters. The molecular weight excluding hydrogens is 366 g/mol. The number of carbonyl (C=O) groups is 2. The van der Waals surface area contributed by atoms with Crippen LogP contribution in [-0.4, -0.2) is 28.0 Å². The number of amides is 1. The van der Waals surface area contributed by atoms with Crippen molar-refractivity contribution < 1.29 is 14.3 Å². The monoisotopic (exact) mass is 391 g/mol. The van der Waals surface area contributed by atoms with E-state index in [1.165, 1.54) is 0 Å². The first-order chi connectivity index (χ1) is 13.9. The van der Waals surface area contributed by atoms with Gasteiger partial charge in [-0.3, -0.25) is 4.79 Å². The third kappa shape index (κ3) is 4.37. The average molecular weight is 391 g/mol. The molecule has 0 fully saturated rings. The fourth-order valence-electron chi connectivity index (χ4n) is 3.50. The molecule has 0 spiro atoms. The molecule has 2 heterocycles. The van der Waals surface area contributed by atoms with Crippen molar-refractivity contribution >= 4 is 17.7 Å². The standard InChI is InChI=1S/C23H25N3O3/c1-5-29-23(28)21-16(3)22(18-11-7-6-8-12-18)26(17(21)4)14-20(27)25-19-13-9-10-15(2)24-19/h6-13H,5,14H2,1-4H3,(H,24,25,27). The Hall–Kier alpha value is -3.41. The summed E-state index contributed by atoms with van der Waals surface area (Å²) >= 11 is 0. The van der Waals surface area contributed by atoms with Crippen molar-refractivity contribution in [3.8, 4) is 11.3 Å². The second-order valence-electron chi connectivity index (χ2n) is 6.82. The van der Waals surface area contributed by atoms with Gasteiger partial charge in [0.1, 0.15) is 12.4 Å². The normalized spacial score (nSPS) is 10.6. The Morgan fingerprint density at radius 3 is 2.41 bits per heavy atom. The predicted molar refractivity (Wildman–Crippen MR) is 113 cm³/mol. The molecule has 2 aromatic heterocycles. The molecule has 150 valence electrons. The number of aryl methyl sites for hydroxylation is 1. The van der Waals surface area contributed by atoms with E-state index in [-0.39, 0.29) is 18.4 Å². The molecule has 1 N–H and O–H groups in total. The molecule has 0 unspecified atom stereocenters. The minimum atomic E-state index is -0.376. The summed E-state index contributed by atoms with van der Waals surface area (Å²) in [4.78, 5) is 29.6. The van der Waals surface area contributed by atoms with Gasteiger partial charge in [0, 0.05) is 11.4 Å². The summed E-state index contributed by atoms with van der Waals surface area (Å²) in [6.07, 6.45) is 0. The van der Waals surface area contributed by atoms with Crippen molar-refractivity contribution in [2.24, 2.45) is 0 Å². The van der Waals surface area contributed by atoms with Crippen molar-refractivity contribution in [1.29, 1.82) is 0 Å². The van der Waals surface area contributed by atoms with Crippen molar-refractivity contribution in [3.05, 3.63) is 71.0 Å². The third-order valence-electron chi connectivity index (χ3n) is 4.75. The van der Waals surface area contributed by atoms with Crippen LogP contribution >= 0.6 is 0 Å². The van der Waals surface area contributed by atoms with Gasteiger partial charge in [0.05, 0.1) is 17.9 Å². The fourth-order valence-corrected chi connectivity index (χ4v) is 3.50. The first-order valence-corrected chi connectivity index (χ1v) is 9.58. The number of pyridine rings is 1. The molecular formula is C23H25N3O3. The Balaban J connectivity index is 2.01. The van der Waals surface area contributed by atoms with Crippen LogP contribution in [0.1, 0.15) is 34.2 Å². The van der Waals surface area contributed by atoms with Crippen LogP contribution in [0.4, 0.5) is 5.82 Å². The molecule has 3 aromatic rings. The molecule has 3 rings (SSSR count). The minimum absolute atomic E-state index is 0.0614. The van der Waals surface area contributed by atoms with Gasteiger partial charge >= 0.3 is 5.97 Å². The Morgan fingerprint density at radius 2 is 1.76 bits per heavy atom. The molecule has 0 aliphatic heterocycles. The van der Waals surface area contributed by atoms with Gasteiger partial charge in [0.15, 0.2) is 0 Å². The highest BCUT2D eigenvalue weighted by Crippen LogP contribution is 2.31. The quantitative estimate of drug-likeness (QED) is 0.636. The van der Waals surface area contributed by atoms with Crippen LogP contribution < -0.4 is 5.32 Å².